The highest BCUT2D eigenvalue weighted by molar-refractivity contribution is 7.00. The first-order valence-electron chi connectivity index (χ1n) is 41.1. The van der Waals surface area contributed by atoms with Gasteiger partial charge < -0.3 is 55.6 Å². The first-order valence-corrected chi connectivity index (χ1v) is 49.4. The second-order valence-corrected chi connectivity index (χ2v) is 53.9. The van der Waals surface area contributed by atoms with Crippen molar-refractivity contribution in [2.75, 3.05) is 34.0 Å². The lowest BCUT2D eigenvalue weighted by molar-refractivity contribution is -0.357. The van der Waals surface area contributed by atoms with Gasteiger partial charge in [-0.25, -0.2) is 0 Å². The zero-order valence-corrected chi connectivity index (χ0v) is 75.2. The molecule has 6 aromatic carbocycles. The number of esters is 1. The largest absolute Gasteiger partial charge is 0.462 e. The maximum atomic E-state index is 13.5. The summed E-state index contributed by atoms with van der Waals surface area (Å²) in [6, 6.07) is 67.7. The third-order valence-corrected chi connectivity index (χ3v) is 44.7. The summed E-state index contributed by atoms with van der Waals surface area (Å²) in [5.74, 6) is -3.84. The van der Waals surface area contributed by atoms with Gasteiger partial charge in [0.05, 0.1) is 55.3 Å². The Kier molecular flexibility index (Phi) is 28.4. The molecule has 4 aliphatic rings. The zero-order chi connectivity index (χ0) is 80.5. The Labute approximate surface area is 671 Å². The van der Waals surface area contributed by atoms with Crippen molar-refractivity contribution in [1.82, 2.24) is 0 Å². The van der Waals surface area contributed by atoms with E-state index in [9.17, 15) is 4.79 Å². The highest BCUT2D eigenvalue weighted by Gasteiger charge is 2.62. The summed E-state index contributed by atoms with van der Waals surface area (Å²) in [5.41, 5.74) is 0.498. The maximum absolute atomic E-state index is 13.5. The van der Waals surface area contributed by atoms with Crippen LogP contribution in [0.5, 0.6) is 0 Å². The minimum Gasteiger partial charge on any atom is -0.462 e. The number of hydrogen-bond donors (Lipinski definition) is 0. The topological polar surface area (TPSA) is 128 Å². The minimum absolute atomic E-state index is 0.184. The molecular formula is C94H134O13Si4. The Morgan fingerprint density at radius 2 is 0.955 bits per heavy atom. The molecule has 0 N–H and O–H groups in total. The quantitative estimate of drug-likeness (QED) is 0.0233. The van der Waals surface area contributed by atoms with Gasteiger partial charge in [0.15, 0.2) is 19.9 Å². The van der Waals surface area contributed by atoms with Crippen LogP contribution in [-0.2, 0) is 60.4 Å². The van der Waals surface area contributed by atoms with Crippen molar-refractivity contribution in [3.63, 3.8) is 0 Å². The van der Waals surface area contributed by atoms with E-state index in [2.05, 4.69) is 324 Å². The summed E-state index contributed by atoms with van der Waals surface area (Å²) in [6.07, 6.45) is 9.33. The minimum atomic E-state index is -3.01. The van der Waals surface area contributed by atoms with E-state index in [-0.39, 0.29) is 39.4 Å². The number of carbonyl (C=O) groups is 1. The van der Waals surface area contributed by atoms with E-state index < -0.39 is 92.0 Å². The van der Waals surface area contributed by atoms with Crippen LogP contribution in [0, 0.1) is 10.8 Å². The van der Waals surface area contributed by atoms with Crippen LogP contribution >= 0.6 is 0 Å². The zero-order valence-electron chi connectivity index (χ0n) is 71.2. The Morgan fingerprint density at radius 3 is 1.34 bits per heavy atom. The molecule has 604 valence electrons. The van der Waals surface area contributed by atoms with Gasteiger partial charge >= 0.3 is 5.97 Å². The Morgan fingerprint density at radius 1 is 0.523 bits per heavy atom. The van der Waals surface area contributed by atoms with Gasteiger partial charge in [-0.05, 0) is 116 Å². The summed E-state index contributed by atoms with van der Waals surface area (Å²) < 4.78 is 88.1. The Balaban J connectivity index is 1.07. The van der Waals surface area contributed by atoms with Gasteiger partial charge in [-0.3, -0.25) is 4.79 Å². The molecule has 4 fully saturated rings. The fourth-order valence-corrected chi connectivity index (χ4v) is 35.3. The van der Waals surface area contributed by atoms with Crippen molar-refractivity contribution >= 4 is 70.4 Å². The van der Waals surface area contributed by atoms with Crippen LogP contribution in [0.1, 0.15) is 183 Å². The highest BCUT2D eigenvalue weighted by Crippen LogP contribution is 2.54. The molecule has 4 saturated heterocycles. The molecule has 13 nitrogen and oxygen atoms in total. The van der Waals surface area contributed by atoms with Gasteiger partial charge in [0, 0.05) is 52.4 Å². The lowest BCUT2D eigenvalue weighted by Crippen LogP contribution is -2.67. The number of hydrogen-bond acceptors (Lipinski definition) is 13. The molecule has 10 rings (SSSR count). The number of benzene rings is 6. The summed E-state index contributed by atoms with van der Waals surface area (Å²) in [7, 11) is -7.90. The molecule has 6 aromatic rings. The smallest absolute Gasteiger partial charge is 0.302 e. The molecule has 4 aliphatic heterocycles. The fraction of sp³-hybridized carbons (Fsp3) is 0.543. The van der Waals surface area contributed by atoms with Crippen LogP contribution in [0.3, 0.4) is 0 Å². The molecule has 0 unspecified atom stereocenters. The van der Waals surface area contributed by atoms with Gasteiger partial charge in [-0.1, -0.05) is 323 Å². The standard InChI is InChI=1S/C94H134O13Si4/c1-23-108(24-2,25-3)107-86-73(58-62-99-110(88(9,10)11,80-48-36-28-37-49-80)81-50-38-29-39-51-81)66-76(67-84-70(4)103-92(19,20)106-84)105-94(86,97-22)90(15,16)60-56-74-64-72(57-61-98-109(87(6,7)8,78-44-32-26-33-45-78)79-46-34-27-35-47-79)65-77(102-74)69-93(96-21)91(17,18)85(101-71(5)95)68-75(104-93)59-63-100-111(89(12,13)14,82-52-40-30-41-53-82)83-54-42-31-43-55-83/h26-58,60,70,74-77,84-86H,23-25,59,61-69H2,1-22H3/b60-56+,72-57+,73-58+/t70-,74+,75-,76+,77+,84-,85+,86+,93+,94-/m1/s1. The number of carbonyl (C=O) groups excluding carboxylic acids is 1. The summed E-state index contributed by atoms with van der Waals surface area (Å²) in [5, 5.41) is 6.53. The molecule has 0 saturated carbocycles. The average Bonchev–Trinajstić information content (AvgIpc) is 0.781. The SMILES string of the molecule is CC[Si](CC)(CC)O[C@H]1/C(=C/CO[Si](c2ccccc2)(c2ccccc2)C(C)(C)C)C[C@@H](C[C@H]2OC(C)(C)O[C@@H]2C)O[C@@]1(OC)C(C)(C)/C=C/[C@H]1C/C(=C\CO[Si](c2ccccc2)(c2ccccc2)C(C)(C)C)C[C@@H](C[C@]2(OC)O[C@H](CCO[Si](c3ccccc3)(c3ccccc3)C(C)(C)C)C[C@H](OC(C)=O)C2(C)C)O1. The van der Waals surface area contributed by atoms with Gasteiger partial charge in [0.25, 0.3) is 25.0 Å². The van der Waals surface area contributed by atoms with Crippen molar-refractivity contribution in [2.24, 2.45) is 10.8 Å². The van der Waals surface area contributed by atoms with Gasteiger partial charge in [0.2, 0.25) is 5.79 Å². The van der Waals surface area contributed by atoms with Crippen molar-refractivity contribution in [2.45, 2.75) is 283 Å². The van der Waals surface area contributed by atoms with Crippen molar-refractivity contribution in [3.8, 4) is 0 Å². The van der Waals surface area contributed by atoms with E-state index in [0.717, 1.165) is 23.7 Å². The lowest BCUT2D eigenvalue weighted by atomic mass is 9.70. The van der Waals surface area contributed by atoms with E-state index >= 15 is 0 Å². The molecule has 4 heterocycles. The predicted octanol–water partition coefficient (Wildman–Crippen LogP) is 18.0. The molecule has 0 aliphatic carbocycles. The van der Waals surface area contributed by atoms with Gasteiger partial charge in [0.1, 0.15) is 12.2 Å². The summed E-state index contributed by atoms with van der Waals surface area (Å²) >= 11 is 0. The second-order valence-electron chi connectivity index (χ2n) is 36.3. The second kappa shape index (κ2) is 35.9. The van der Waals surface area contributed by atoms with Crippen LogP contribution in [0.2, 0.25) is 33.2 Å². The highest BCUT2D eigenvalue weighted by atomic mass is 28.4. The molecule has 17 heteroatoms. The Hall–Kier alpha value is -5.56. The normalized spacial score (nSPS) is 25.9. The molecular weight excluding hydrogens is 1450 g/mol. The van der Waals surface area contributed by atoms with Gasteiger partial charge in [-0.15, -0.1) is 0 Å². The molecule has 111 heavy (non-hydrogen) atoms. The first kappa shape index (κ1) is 87.8. The monoisotopic (exact) mass is 1580 g/mol. The molecule has 0 spiro atoms. The van der Waals surface area contributed by atoms with E-state index in [1.807, 2.05) is 13.8 Å². The van der Waals surface area contributed by atoms with Crippen LogP contribution in [0.15, 0.2) is 217 Å². The van der Waals surface area contributed by atoms with Crippen molar-refractivity contribution in [1.29, 1.82) is 0 Å². The van der Waals surface area contributed by atoms with Crippen LogP contribution in [0.25, 0.3) is 0 Å². The van der Waals surface area contributed by atoms with E-state index in [1.165, 1.54) is 43.6 Å². The number of ether oxygens (including phenoxy) is 8. The summed E-state index contributed by atoms with van der Waals surface area (Å²) in [6.45, 7) is 45.1. The first-order chi connectivity index (χ1) is 52.5. The van der Waals surface area contributed by atoms with E-state index in [1.54, 1.807) is 14.2 Å². The van der Waals surface area contributed by atoms with Gasteiger partial charge in [-0.2, -0.15) is 0 Å². The molecule has 0 radical (unpaired) electrons. The van der Waals surface area contributed by atoms with Crippen LogP contribution in [0.4, 0.5) is 0 Å². The van der Waals surface area contributed by atoms with E-state index in [0.29, 0.717) is 64.8 Å². The average molecular weight is 1580 g/mol. The number of rotatable bonds is 31. The lowest BCUT2D eigenvalue weighted by Gasteiger charge is -2.56. The van der Waals surface area contributed by atoms with E-state index in [4.69, 9.17) is 55.6 Å². The Bertz CT molecular complexity index is 3890. The fourth-order valence-electron chi connectivity index (χ4n) is 19.0. The number of methoxy groups -OCH3 is 2. The maximum Gasteiger partial charge on any atom is 0.302 e. The van der Waals surface area contributed by atoms with Crippen LogP contribution < -0.4 is 31.1 Å². The predicted molar refractivity (Wildman–Crippen MR) is 461 cm³/mol. The molecule has 0 bridgehead atoms. The molecule has 0 aromatic heterocycles. The molecule has 10 atom stereocenters. The third-order valence-electron chi connectivity index (χ3n) is 25.0. The van der Waals surface area contributed by atoms with Crippen LogP contribution in [-0.4, -0.2) is 139 Å². The third kappa shape index (κ3) is 18.5. The van der Waals surface area contributed by atoms with Crippen molar-refractivity contribution < 1.29 is 60.4 Å². The van der Waals surface area contributed by atoms with Crippen molar-refractivity contribution in [3.05, 3.63) is 217 Å². The molecule has 0 amide bonds. The summed E-state index contributed by atoms with van der Waals surface area (Å²) in [4.78, 5) is 13.5.